The van der Waals surface area contributed by atoms with E-state index in [9.17, 15) is 8.42 Å². The minimum absolute atomic E-state index is 0.0405. The molecule has 0 fully saturated rings. The minimum atomic E-state index is -3.79. The van der Waals surface area contributed by atoms with Gasteiger partial charge in [0.2, 0.25) is 15.2 Å². The molecule has 0 amide bonds. The van der Waals surface area contributed by atoms with Crippen molar-refractivity contribution in [3.63, 3.8) is 0 Å². The van der Waals surface area contributed by atoms with E-state index in [4.69, 9.17) is 21.7 Å². The van der Waals surface area contributed by atoms with Crippen molar-refractivity contribution in [1.29, 1.82) is 0 Å². The van der Waals surface area contributed by atoms with Crippen LogP contribution in [-0.2, 0) is 10.0 Å². The fraction of sp³-hybridized carbons (Fsp3) is 0. The van der Waals surface area contributed by atoms with E-state index in [0.29, 0.717) is 21.7 Å². The van der Waals surface area contributed by atoms with Gasteiger partial charge in [-0.2, -0.15) is 0 Å². The van der Waals surface area contributed by atoms with Crippen LogP contribution in [-0.4, -0.2) is 28.2 Å². The Bertz CT molecular complexity index is 1510. The predicted molar refractivity (Wildman–Crippen MR) is 133 cm³/mol. The Balaban J connectivity index is 1.53. The zero-order valence-corrected chi connectivity index (χ0v) is 20.6. The van der Waals surface area contributed by atoms with Crippen molar-refractivity contribution < 1.29 is 8.42 Å². The van der Waals surface area contributed by atoms with Gasteiger partial charge in [-0.05, 0) is 59.6 Å². The molecule has 0 radical (unpaired) electrons. The minimum Gasteiger partial charge on any atom is -0.269 e. The Morgan fingerprint density at radius 2 is 1.73 bits per heavy atom. The lowest BCUT2D eigenvalue weighted by molar-refractivity contribution is 0.598. The molecular formula is C21H14ClN5O2S4. The van der Waals surface area contributed by atoms with Crippen molar-refractivity contribution in [3.8, 4) is 27.6 Å². The van der Waals surface area contributed by atoms with Crippen LogP contribution in [0.3, 0.4) is 0 Å². The molecule has 166 valence electrons. The van der Waals surface area contributed by atoms with Crippen LogP contribution in [0.5, 0.6) is 0 Å². The van der Waals surface area contributed by atoms with Crippen LogP contribution in [0.2, 0.25) is 5.02 Å². The molecule has 0 atom stereocenters. The summed E-state index contributed by atoms with van der Waals surface area (Å²) in [7, 11) is -3.79. The number of halogens is 1. The molecule has 0 unspecified atom stereocenters. The second kappa shape index (κ2) is 9.01. The highest BCUT2D eigenvalue weighted by atomic mass is 35.5. The monoisotopic (exact) mass is 531 g/mol. The molecule has 2 aromatic carbocycles. The van der Waals surface area contributed by atoms with E-state index in [1.54, 1.807) is 23.5 Å². The number of hydrogen-bond donors (Lipinski definition) is 1. The van der Waals surface area contributed by atoms with Gasteiger partial charge < -0.3 is 0 Å². The van der Waals surface area contributed by atoms with Crippen LogP contribution in [0.4, 0.5) is 0 Å². The maximum absolute atomic E-state index is 11.7. The summed E-state index contributed by atoms with van der Waals surface area (Å²) in [6.45, 7) is 0. The van der Waals surface area contributed by atoms with Gasteiger partial charge in [0, 0.05) is 21.7 Å². The van der Waals surface area contributed by atoms with Crippen molar-refractivity contribution in [1.82, 2.24) is 19.7 Å². The van der Waals surface area contributed by atoms with Gasteiger partial charge in [0.05, 0.1) is 15.5 Å². The summed E-state index contributed by atoms with van der Waals surface area (Å²) in [4.78, 5) is 5.70. The molecule has 33 heavy (non-hydrogen) atoms. The summed E-state index contributed by atoms with van der Waals surface area (Å²) in [6, 6.07) is 17.7. The molecule has 5 aromatic rings. The quantitative estimate of drug-likeness (QED) is 0.307. The highest BCUT2D eigenvalue weighted by Crippen LogP contribution is 2.36. The van der Waals surface area contributed by atoms with Gasteiger partial charge in [-0.3, -0.25) is 4.57 Å². The highest BCUT2D eigenvalue weighted by molar-refractivity contribution is 8.00. The number of thiophene rings is 1. The highest BCUT2D eigenvalue weighted by Gasteiger charge is 2.19. The molecule has 5 rings (SSSR count). The molecule has 2 N–H and O–H groups in total. The lowest BCUT2D eigenvalue weighted by Crippen LogP contribution is -2.12. The molecule has 0 aliphatic rings. The SMILES string of the molecule is NS(=O)(=O)c1ccc(-n2c(Sc3nc(-c4ccc(Cl)cc4)cs3)nnc2-c2cccs2)cc1. The molecule has 0 spiro atoms. The summed E-state index contributed by atoms with van der Waals surface area (Å²) in [5.74, 6) is 0.658. The average Bonchev–Trinajstić information content (AvgIpc) is 3.55. The summed E-state index contributed by atoms with van der Waals surface area (Å²) in [6.07, 6.45) is 0. The van der Waals surface area contributed by atoms with Gasteiger partial charge in [-0.15, -0.1) is 32.9 Å². The third-order valence-electron chi connectivity index (χ3n) is 4.60. The molecule has 0 aliphatic heterocycles. The molecule has 3 aromatic heterocycles. The lowest BCUT2D eigenvalue weighted by Gasteiger charge is -2.09. The number of primary sulfonamides is 1. The van der Waals surface area contributed by atoms with Crippen LogP contribution in [0.25, 0.3) is 27.6 Å². The molecule has 12 heteroatoms. The van der Waals surface area contributed by atoms with Crippen LogP contribution in [0.1, 0.15) is 0 Å². The number of nitrogens with two attached hydrogens (primary N) is 1. The third kappa shape index (κ3) is 4.74. The molecule has 7 nitrogen and oxygen atoms in total. The predicted octanol–water partition coefficient (Wildman–Crippen LogP) is 5.57. The van der Waals surface area contributed by atoms with E-state index in [-0.39, 0.29) is 4.90 Å². The van der Waals surface area contributed by atoms with Crippen molar-refractivity contribution >= 4 is 56.1 Å². The fourth-order valence-electron chi connectivity index (χ4n) is 3.05. The molecule has 0 bridgehead atoms. The Morgan fingerprint density at radius 1 is 0.970 bits per heavy atom. The third-order valence-corrected chi connectivity index (χ3v) is 8.53. The standard InChI is InChI=1S/C21H14ClN5O2S4/c22-14-5-3-13(4-6-14)17-12-31-21(24-17)32-20-26-25-19(18-2-1-11-30-18)27(20)15-7-9-16(10-8-15)33(23,28)29/h1-12H,(H2,23,28,29). The smallest absolute Gasteiger partial charge is 0.238 e. The van der Waals surface area contributed by atoms with E-state index in [1.165, 1.54) is 35.2 Å². The first-order valence-corrected chi connectivity index (χ1v) is 13.9. The number of sulfonamides is 1. The zero-order valence-electron chi connectivity index (χ0n) is 16.6. The number of benzene rings is 2. The summed E-state index contributed by atoms with van der Waals surface area (Å²) in [5.41, 5.74) is 2.54. The molecule has 0 saturated carbocycles. The van der Waals surface area contributed by atoms with E-state index in [2.05, 4.69) is 10.2 Å². The van der Waals surface area contributed by atoms with Crippen LogP contribution < -0.4 is 5.14 Å². The van der Waals surface area contributed by atoms with E-state index in [1.807, 2.05) is 51.7 Å². The second-order valence-electron chi connectivity index (χ2n) is 6.77. The Hall–Kier alpha value is -2.54. The first-order valence-electron chi connectivity index (χ1n) is 9.40. The molecule has 0 saturated heterocycles. The normalized spacial score (nSPS) is 11.7. The maximum atomic E-state index is 11.7. The van der Waals surface area contributed by atoms with Crippen molar-refractivity contribution in [2.75, 3.05) is 0 Å². The van der Waals surface area contributed by atoms with Gasteiger partial charge in [0.25, 0.3) is 0 Å². The van der Waals surface area contributed by atoms with Gasteiger partial charge in [0.15, 0.2) is 10.2 Å². The van der Waals surface area contributed by atoms with Crippen molar-refractivity contribution in [2.45, 2.75) is 14.4 Å². The first-order chi connectivity index (χ1) is 15.9. The number of aromatic nitrogens is 4. The number of rotatable bonds is 6. The lowest BCUT2D eigenvalue weighted by atomic mass is 10.2. The maximum Gasteiger partial charge on any atom is 0.238 e. The van der Waals surface area contributed by atoms with E-state index < -0.39 is 10.0 Å². The summed E-state index contributed by atoms with van der Waals surface area (Å²) in [5, 5.41) is 19.3. The second-order valence-corrected chi connectivity index (χ2v) is 11.8. The van der Waals surface area contributed by atoms with Crippen molar-refractivity contribution in [2.24, 2.45) is 5.14 Å². The Kier molecular flexibility index (Phi) is 6.08. The first kappa shape index (κ1) is 22.3. The molecule has 0 aliphatic carbocycles. The van der Waals surface area contributed by atoms with Crippen molar-refractivity contribution in [3.05, 3.63) is 76.4 Å². The Morgan fingerprint density at radius 3 is 2.39 bits per heavy atom. The topological polar surface area (TPSA) is 104 Å². The number of hydrogen-bond acceptors (Lipinski definition) is 8. The fourth-order valence-corrected chi connectivity index (χ4v) is 6.17. The zero-order chi connectivity index (χ0) is 23.0. The Labute approximate surface area is 207 Å². The van der Waals surface area contributed by atoms with E-state index in [0.717, 1.165) is 20.5 Å². The number of nitrogens with zero attached hydrogens (tertiary/aromatic N) is 4. The van der Waals surface area contributed by atoms with E-state index >= 15 is 0 Å². The van der Waals surface area contributed by atoms with Gasteiger partial charge in [-0.1, -0.05) is 29.8 Å². The van der Waals surface area contributed by atoms with Gasteiger partial charge in [-0.25, -0.2) is 18.5 Å². The van der Waals surface area contributed by atoms with Crippen LogP contribution >= 0.6 is 46.0 Å². The van der Waals surface area contributed by atoms with Crippen LogP contribution in [0.15, 0.2) is 85.8 Å². The summed E-state index contributed by atoms with van der Waals surface area (Å²) < 4.78 is 26.0. The van der Waals surface area contributed by atoms with Gasteiger partial charge >= 0.3 is 0 Å². The average molecular weight is 532 g/mol. The number of thiazole rings is 1. The largest absolute Gasteiger partial charge is 0.269 e. The summed E-state index contributed by atoms with van der Waals surface area (Å²) >= 11 is 10.4. The molecular weight excluding hydrogens is 518 g/mol. The van der Waals surface area contributed by atoms with Crippen LogP contribution in [0, 0.1) is 0 Å². The van der Waals surface area contributed by atoms with Gasteiger partial charge in [0.1, 0.15) is 0 Å². The molecule has 3 heterocycles.